The number of amides is 1. The molecule has 3 aromatic rings. The Morgan fingerprint density at radius 1 is 1.07 bits per heavy atom. The molecule has 1 amide bonds. The molecule has 0 saturated heterocycles. The Morgan fingerprint density at radius 3 is 2.56 bits per heavy atom. The number of carbonyl (C=O) groups is 3. The molecule has 45 heavy (non-hydrogen) atoms. The van der Waals surface area contributed by atoms with E-state index >= 15 is 0 Å². The number of aromatic nitrogens is 3. The number of allylic oxidation sites excluding steroid dienone is 2. The molecule has 3 heterocycles. The molecule has 1 N–H and O–H groups in total. The van der Waals surface area contributed by atoms with Crippen LogP contribution in [0.4, 0.5) is 0 Å². The van der Waals surface area contributed by atoms with Crippen molar-refractivity contribution in [3.8, 4) is 17.3 Å². The van der Waals surface area contributed by atoms with Gasteiger partial charge in [0.15, 0.2) is 5.82 Å². The lowest BCUT2D eigenvalue weighted by atomic mass is 9.84. The summed E-state index contributed by atoms with van der Waals surface area (Å²) in [5.41, 5.74) is 2.29. The van der Waals surface area contributed by atoms with Crippen molar-refractivity contribution >= 4 is 28.6 Å². The molecule has 238 valence electrons. The number of ketones is 1. The van der Waals surface area contributed by atoms with Crippen LogP contribution < -0.4 is 9.47 Å². The quantitative estimate of drug-likeness (QED) is 0.380. The number of methoxy groups -OCH3 is 1. The predicted octanol–water partition coefficient (Wildman–Crippen LogP) is 5.38. The summed E-state index contributed by atoms with van der Waals surface area (Å²) in [6, 6.07) is 7.65. The van der Waals surface area contributed by atoms with Gasteiger partial charge in [-0.15, -0.1) is 0 Å². The summed E-state index contributed by atoms with van der Waals surface area (Å²) >= 11 is 0. The molecule has 10 nitrogen and oxygen atoms in total. The van der Waals surface area contributed by atoms with Crippen molar-refractivity contribution in [1.82, 2.24) is 19.7 Å². The molecule has 2 aliphatic carbocycles. The maximum absolute atomic E-state index is 13.9. The highest BCUT2D eigenvalue weighted by Gasteiger charge is 2.61. The van der Waals surface area contributed by atoms with Gasteiger partial charge in [-0.2, -0.15) is 5.10 Å². The normalized spacial score (nSPS) is 27.9. The van der Waals surface area contributed by atoms with Crippen LogP contribution in [0.1, 0.15) is 61.9 Å². The van der Waals surface area contributed by atoms with E-state index in [0.29, 0.717) is 48.6 Å². The molecule has 2 saturated carbocycles. The highest BCUT2D eigenvalue weighted by atomic mass is 16.5. The summed E-state index contributed by atoms with van der Waals surface area (Å²) < 4.78 is 14.1. The molecule has 0 radical (unpaired) electrons. The summed E-state index contributed by atoms with van der Waals surface area (Å²) in [6.07, 6.45) is 7.27. The number of rotatable bonds is 5. The fourth-order valence-electron chi connectivity index (χ4n) is 7.37. The first-order valence-electron chi connectivity index (χ1n) is 15.9. The van der Waals surface area contributed by atoms with Gasteiger partial charge < -0.3 is 19.5 Å². The number of carboxylic acids is 1. The number of fused-ring (bicyclic) bond motifs is 3. The van der Waals surface area contributed by atoms with Crippen LogP contribution in [0.25, 0.3) is 16.7 Å². The largest absolute Gasteiger partial charge is 0.496 e. The van der Waals surface area contributed by atoms with Crippen LogP contribution in [0.3, 0.4) is 0 Å². The summed E-state index contributed by atoms with van der Waals surface area (Å²) in [4.78, 5) is 46.8. The van der Waals surface area contributed by atoms with E-state index in [4.69, 9.17) is 14.5 Å². The molecule has 5 atom stereocenters. The zero-order chi connectivity index (χ0) is 32.0. The number of Topliss-reactive ketones (excluding diaryl/α,β-unsaturated/α-hetero) is 1. The molecule has 2 aromatic heterocycles. The molecule has 6 rings (SSSR count). The second-order valence-corrected chi connectivity index (χ2v) is 13.1. The van der Waals surface area contributed by atoms with E-state index in [1.165, 1.54) is 0 Å². The van der Waals surface area contributed by atoms with Gasteiger partial charge >= 0.3 is 5.97 Å². The molecule has 1 aromatic carbocycles. The summed E-state index contributed by atoms with van der Waals surface area (Å²) in [5.74, 6) is -0.614. The van der Waals surface area contributed by atoms with Gasteiger partial charge in [0.1, 0.15) is 23.4 Å². The van der Waals surface area contributed by atoms with Crippen LogP contribution in [-0.2, 0) is 14.4 Å². The highest BCUT2D eigenvalue weighted by Crippen LogP contribution is 2.57. The van der Waals surface area contributed by atoms with Gasteiger partial charge in [-0.25, -0.2) is 9.67 Å². The van der Waals surface area contributed by atoms with E-state index < -0.39 is 29.3 Å². The maximum Gasteiger partial charge on any atom is 0.310 e. The number of nitrogens with zero attached hydrogens (tertiary/aromatic N) is 4. The number of aryl methyl sites for hydroxylation is 3. The minimum absolute atomic E-state index is 0.0680. The Labute approximate surface area is 263 Å². The predicted molar refractivity (Wildman–Crippen MR) is 169 cm³/mol. The Morgan fingerprint density at radius 2 is 1.84 bits per heavy atom. The van der Waals surface area contributed by atoms with E-state index in [1.807, 2.05) is 57.2 Å². The molecule has 1 aliphatic heterocycles. The number of ether oxygens (including phenoxy) is 2. The second-order valence-electron chi connectivity index (χ2n) is 13.1. The first-order chi connectivity index (χ1) is 21.5. The van der Waals surface area contributed by atoms with Gasteiger partial charge in [0.2, 0.25) is 5.91 Å². The Bertz CT molecular complexity index is 1690. The first kappa shape index (κ1) is 30.8. The van der Waals surface area contributed by atoms with Crippen LogP contribution in [0.2, 0.25) is 0 Å². The van der Waals surface area contributed by atoms with Gasteiger partial charge in [0, 0.05) is 48.6 Å². The van der Waals surface area contributed by atoms with Gasteiger partial charge in [-0.05, 0) is 83.4 Å². The van der Waals surface area contributed by atoms with Crippen LogP contribution >= 0.6 is 0 Å². The molecule has 3 aliphatic rings. The fourth-order valence-corrected chi connectivity index (χ4v) is 7.37. The van der Waals surface area contributed by atoms with Crippen molar-refractivity contribution < 1.29 is 29.0 Å². The Hall–Kier alpha value is -4.21. The monoisotopic (exact) mass is 614 g/mol. The maximum atomic E-state index is 13.9. The second kappa shape index (κ2) is 11.9. The number of pyridine rings is 1. The highest BCUT2D eigenvalue weighted by molar-refractivity contribution is 5.94. The lowest BCUT2D eigenvalue weighted by Crippen LogP contribution is -2.38. The van der Waals surface area contributed by atoms with Crippen LogP contribution in [0, 0.1) is 43.9 Å². The number of carboxylic acid groups (broad SMARTS) is 1. The van der Waals surface area contributed by atoms with Crippen molar-refractivity contribution in [2.24, 2.45) is 23.2 Å². The van der Waals surface area contributed by atoms with E-state index in [-0.39, 0.29) is 24.0 Å². The van der Waals surface area contributed by atoms with Gasteiger partial charge in [0.05, 0.1) is 29.7 Å². The number of benzene rings is 1. The Balaban J connectivity index is 1.36. The Kier molecular flexibility index (Phi) is 8.18. The minimum Gasteiger partial charge on any atom is -0.496 e. The van der Waals surface area contributed by atoms with E-state index in [1.54, 1.807) is 23.7 Å². The SMILES string of the molecule is COc1ccc2c(O[C@@H]3C[C@H]4C(=O)C[C@]5(C(=O)O)C[C@H]5/C=C\CCCCN(C)C(=O)[C@@H]4C3)cc(-n3nc(C)cc3C)nc2c1C. The third kappa shape index (κ3) is 5.71. The zero-order valence-electron chi connectivity index (χ0n) is 26.7. The molecule has 0 bridgehead atoms. The molecule has 0 spiro atoms. The smallest absolute Gasteiger partial charge is 0.310 e. The van der Waals surface area contributed by atoms with Crippen LogP contribution in [0.15, 0.2) is 36.4 Å². The van der Waals surface area contributed by atoms with Crippen molar-refractivity contribution in [2.45, 2.75) is 71.8 Å². The average Bonchev–Trinajstić information content (AvgIpc) is 3.35. The van der Waals surface area contributed by atoms with Gasteiger partial charge in [-0.3, -0.25) is 14.4 Å². The first-order valence-corrected chi connectivity index (χ1v) is 15.9. The lowest BCUT2D eigenvalue weighted by Gasteiger charge is -2.25. The topological polar surface area (TPSA) is 124 Å². The van der Waals surface area contributed by atoms with E-state index in [2.05, 4.69) is 5.10 Å². The minimum atomic E-state index is -1.08. The molecular weight excluding hydrogens is 572 g/mol. The third-order valence-electron chi connectivity index (χ3n) is 10.0. The summed E-state index contributed by atoms with van der Waals surface area (Å²) in [6.45, 7) is 6.46. The standard InChI is InChI=1S/C35H42N4O6/c1-20-14-21(2)39(37-20)31-17-30(25-11-12-29(44-5)22(3)32(25)36-31)45-24-15-26-27(16-24)33(41)38(4)13-9-7-6-8-10-23-18-35(23,34(42)43)19-28(26)40/h8,10-12,14,17,23-24,26-27H,6-7,9,13,15-16,18-19H2,1-5H3,(H,42,43)/b10-8-/t23-,24-,26-,27-,35-/m1/s1. The van der Waals surface area contributed by atoms with Crippen LogP contribution in [0.5, 0.6) is 11.5 Å². The van der Waals surface area contributed by atoms with Crippen molar-refractivity contribution in [3.63, 3.8) is 0 Å². The third-order valence-corrected chi connectivity index (χ3v) is 10.0. The van der Waals surface area contributed by atoms with Gasteiger partial charge in [0.25, 0.3) is 0 Å². The van der Waals surface area contributed by atoms with Gasteiger partial charge in [-0.1, -0.05) is 12.2 Å². The molecule has 10 heteroatoms. The number of hydrogen-bond donors (Lipinski definition) is 1. The van der Waals surface area contributed by atoms with Crippen molar-refractivity contribution in [1.29, 1.82) is 0 Å². The lowest BCUT2D eigenvalue weighted by molar-refractivity contribution is -0.147. The van der Waals surface area contributed by atoms with Crippen LogP contribution in [-0.4, -0.2) is 69.2 Å². The number of carbonyl (C=O) groups excluding carboxylic acids is 2. The number of aliphatic carboxylic acids is 1. The molecule has 0 unspecified atom stereocenters. The van der Waals surface area contributed by atoms with E-state index in [0.717, 1.165) is 41.6 Å². The molecular formula is C35H42N4O6. The average molecular weight is 615 g/mol. The van der Waals surface area contributed by atoms with Crippen molar-refractivity contribution in [2.75, 3.05) is 20.7 Å². The summed E-state index contributed by atoms with van der Waals surface area (Å²) in [7, 11) is 3.42. The summed E-state index contributed by atoms with van der Waals surface area (Å²) in [5, 5.41) is 15.6. The zero-order valence-corrected chi connectivity index (χ0v) is 26.7. The number of hydrogen-bond acceptors (Lipinski definition) is 7. The fraction of sp³-hybridized carbons (Fsp3) is 0.514. The molecule has 2 fully saturated rings. The van der Waals surface area contributed by atoms with E-state index in [9.17, 15) is 19.5 Å². The van der Waals surface area contributed by atoms with Crippen molar-refractivity contribution in [3.05, 3.63) is 53.4 Å².